The van der Waals surface area contributed by atoms with Crippen LogP contribution in [0.1, 0.15) is 33.1 Å². The average Bonchev–Trinajstić information content (AvgIpc) is 2.50. The maximum Gasteiger partial charge on any atom is 0.227 e. The van der Waals surface area contributed by atoms with E-state index in [1.807, 2.05) is 6.92 Å². The van der Waals surface area contributed by atoms with Gasteiger partial charge < -0.3 is 0 Å². The van der Waals surface area contributed by atoms with Crippen LogP contribution in [0.4, 0.5) is 0 Å². The standard InChI is InChI=1S/C9H16N2O2S/c1-7-4-3-5-9(7)11-14(12,13)8(2)6-10/h7-9,11H,3-5H2,1-2H3. The van der Waals surface area contributed by atoms with Crippen LogP contribution in [0.15, 0.2) is 0 Å². The Balaban J connectivity index is 2.64. The van der Waals surface area contributed by atoms with Crippen molar-refractivity contribution in [1.82, 2.24) is 4.72 Å². The summed E-state index contributed by atoms with van der Waals surface area (Å²) in [5.41, 5.74) is 0. The van der Waals surface area contributed by atoms with Crippen molar-refractivity contribution in [2.24, 2.45) is 5.92 Å². The predicted molar refractivity (Wildman–Crippen MR) is 53.9 cm³/mol. The molecule has 1 saturated carbocycles. The van der Waals surface area contributed by atoms with E-state index in [0.29, 0.717) is 5.92 Å². The molecule has 5 heteroatoms. The van der Waals surface area contributed by atoms with Gasteiger partial charge in [0, 0.05) is 6.04 Å². The quantitative estimate of drug-likeness (QED) is 0.765. The third-order valence-corrected chi connectivity index (χ3v) is 4.49. The van der Waals surface area contributed by atoms with Crippen molar-refractivity contribution in [3.8, 4) is 6.07 Å². The Bertz CT molecular complexity index is 331. The molecule has 80 valence electrons. The molecule has 1 rings (SSSR count). The molecule has 0 amide bonds. The molecule has 0 aliphatic heterocycles. The molecule has 0 aromatic rings. The summed E-state index contributed by atoms with van der Waals surface area (Å²) in [6, 6.07) is 1.77. The van der Waals surface area contributed by atoms with Gasteiger partial charge >= 0.3 is 0 Å². The molecule has 0 aromatic heterocycles. The highest BCUT2D eigenvalue weighted by Gasteiger charge is 2.30. The van der Waals surface area contributed by atoms with Crippen LogP contribution >= 0.6 is 0 Å². The molecule has 1 fully saturated rings. The Morgan fingerprint density at radius 2 is 2.14 bits per heavy atom. The Kier molecular flexibility index (Phi) is 3.51. The molecule has 0 bridgehead atoms. The largest absolute Gasteiger partial charge is 0.227 e. The monoisotopic (exact) mass is 216 g/mol. The summed E-state index contributed by atoms with van der Waals surface area (Å²) in [5.74, 6) is 0.385. The molecule has 0 radical (unpaired) electrons. The molecule has 0 heterocycles. The van der Waals surface area contributed by atoms with Crippen molar-refractivity contribution in [2.75, 3.05) is 0 Å². The fraction of sp³-hybridized carbons (Fsp3) is 0.889. The predicted octanol–water partition coefficient (Wildman–Crippen LogP) is 1.01. The highest BCUT2D eigenvalue weighted by molar-refractivity contribution is 7.90. The van der Waals surface area contributed by atoms with Crippen LogP contribution in [-0.4, -0.2) is 19.7 Å². The maximum absolute atomic E-state index is 11.5. The minimum Gasteiger partial charge on any atom is -0.211 e. The summed E-state index contributed by atoms with van der Waals surface area (Å²) in [6.07, 6.45) is 3.02. The maximum atomic E-state index is 11.5. The van der Waals surface area contributed by atoms with Crippen LogP contribution in [0.25, 0.3) is 0 Å². The first kappa shape index (κ1) is 11.5. The van der Waals surface area contributed by atoms with E-state index >= 15 is 0 Å². The summed E-state index contributed by atoms with van der Waals surface area (Å²) in [7, 11) is -3.44. The van der Waals surface area contributed by atoms with Crippen LogP contribution in [0, 0.1) is 17.2 Å². The Labute approximate surface area is 85.4 Å². The van der Waals surface area contributed by atoms with Gasteiger partial charge in [-0.05, 0) is 25.7 Å². The summed E-state index contributed by atoms with van der Waals surface area (Å²) in [4.78, 5) is 0. The second kappa shape index (κ2) is 4.28. The highest BCUT2D eigenvalue weighted by Crippen LogP contribution is 2.25. The molecule has 1 N–H and O–H groups in total. The van der Waals surface area contributed by atoms with Gasteiger partial charge in [0.25, 0.3) is 0 Å². The molecule has 0 aromatic carbocycles. The van der Waals surface area contributed by atoms with Crippen LogP contribution in [0.2, 0.25) is 0 Å². The first-order chi connectivity index (χ1) is 6.47. The van der Waals surface area contributed by atoms with Gasteiger partial charge in [-0.2, -0.15) is 5.26 Å². The molecular weight excluding hydrogens is 200 g/mol. The normalized spacial score (nSPS) is 29.8. The topological polar surface area (TPSA) is 70.0 Å². The number of nitrogens with zero attached hydrogens (tertiary/aromatic N) is 1. The first-order valence-electron chi connectivity index (χ1n) is 4.88. The fourth-order valence-corrected chi connectivity index (χ4v) is 2.82. The lowest BCUT2D eigenvalue weighted by Gasteiger charge is -2.17. The molecule has 1 aliphatic carbocycles. The minimum absolute atomic E-state index is 0.0239. The molecule has 14 heavy (non-hydrogen) atoms. The van der Waals surface area contributed by atoms with Crippen molar-refractivity contribution >= 4 is 10.0 Å². The molecule has 0 saturated heterocycles. The Hall–Kier alpha value is -0.600. The molecule has 3 atom stereocenters. The lowest BCUT2D eigenvalue weighted by atomic mass is 10.1. The van der Waals surface area contributed by atoms with Crippen molar-refractivity contribution in [1.29, 1.82) is 5.26 Å². The van der Waals surface area contributed by atoms with Crippen LogP contribution in [-0.2, 0) is 10.0 Å². The van der Waals surface area contributed by atoms with Crippen LogP contribution < -0.4 is 4.72 Å². The minimum atomic E-state index is -3.44. The van der Waals surface area contributed by atoms with E-state index in [0.717, 1.165) is 19.3 Å². The van der Waals surface area contributed by atoms with Gasteiger partial charge in [0.05, 0.1) is 6.07 Å². The van der Waals surface area contributed by atoms with Gasteiger partial charge in [-0.3, -0.25) is 0 Å². The number of hydrogen-bond acceptors (Lipinski definition) is 3. The van der Waals surface area contributed by atoms with Gasteiger partial charge in [-0.25, -0.2) is 13.1 Å². The molecule has 3 unspecified atom stereocenters. The summed E-state index contributed by atoms with van der Waals surface area (Å²) in [6.45, 7) is 3.44. The van der Waals surface area contributed by atoms with Crippen molar-refractivity contribution in [2.45, 2.75) is 44.4 Å². The third-order valence-electron chi connectivity index (χ3n) is 2.82. The van der Waals surface area contributed by atoms with E-state index in [9.17, 15) is 8.42 Å². The van der Waals surface area contributed by atoms with Crippen LogP contribution in [0.5, 0.6) is 0 Å². The summed E-state index contributed by atoms with van der Waals surface area (Å²) >= 11 is 0. The van der Waals surface area contributed by atoms with Crippen molar-refractivity contribution in [3.05, 3.63) is 0 Å². The van der Waals surface area contributed by atoms with Crippen molar-refractivity contribution < 1.29 is 8.42 Å². The zero-order chi connectivity index (χ0) is 10.8. The van der Waals surface area contributed by atoms with E-state index in [1.165, 1.54) is 6.92 Å². The second-order valence-corrected chi connectivity index (χ2v) is 5.98. The summed E-state index contributed by atoms with van der Waals surface area (Å²) in [5, 5.41) is 7.58. The smallest absolute Gasteiger partial charge is 0.211 e. The fourth-order valence-electron chi connectivity index (χ4n) is 1.70. The van der Waals surface area contributed by atoms with Crippen LogP contribution in [0.3, 0.4) is 0 Å². The Morgan fingerprint density at radius 3 is 2.57 bits per heavy atom. The zero-order valence-electron chi connectivity index (χ0n) is 8.53. The first-order valence-corrected chi connectivity index (χ1v) is 6.42. The number of rotatable bonds is 3. The van der Waals surface area contributed by atoms with E-state index < -0.39 is 15.3 Å². The van der Waals surface area contributed by atoms with Gasteiger partial charge in [0.2, 0.25) is 10.0 Å². The van der Waals surface area contributed by atoms with Gasteiger partial charge in [-0.1, -0.05) is 13.3 Å². The zero-order valence-corrected chi connectivity index (χ0v) is 9.34. The van der Waals surface area contributed by atoms with Gasteiger partial charge in [0.15, 0.2) is 5.25 Å². The number of hydrogen-bond donors (Lipinski definition) is 1. The Morgan fingerprint density at radius 1 is 1.50 bits per heavy atom. The number of sulfonamides is 1. The highest BCUT2D eigenvalue weighted by atomic mass is 32.2. The lowest BCUT2D eigenvalue weighted by molar-refractivity contribution is 0.475. The molecule has 0 spiro atoms. The van der Waals surface area contributed by atoms with E-state index in [1.54, 1.807) is 6.07 Å². The van der Waals surface area contributed by atoms with E-state index in [-0.39, 0.29) is 6.04 Å². The third kappa shape index (κ3) is 2.46. The molecular formula is C9H16N2O2S. The van der Waals surface area contributed by atoms with E-state index in [2.05, 4.69) is 4.72 Å². The second-order valence-electron chi connectivity index (χ2n) is 3.95. The van der Waals surface area contributed by atoms with Gasteiger partial charge in [0.1, 0.15) is 0 Å². The molecule has 1 aliphatic rings. The van der Waals surface area contributed by atoms with Gasteiger partial charge in [-0.15, -0.1) is 0 Å². The number of nitriles is 1. The SMILES string of the molecule is CC1CCCC1NS(=O)(=O)C(C)C#N. The average molecular weight is 216 g/mol. The van der Waals surface area contributed by atoms with E-state index in [4.69, 9.17) is 5.26 Å². The number of nitrogens with one attached hydrogen (secondary N) is 1. The summed E-state index contributed by atoms with van der Waals surface area (Å²) < 4.78 is 25.7. The van der Waals surface area contributed by atoms with Crippen molar-refractivity contribution in [3.63, 3.8) is 0 Å². The lowest BCUT2D eigenvalue weighted by Crippen LogP contribution is -2.40. The molecule has 4 nitrogen and oxygen atoms in total.